The highest BCUT2D eigenvalue weighted by molar-refractivity contribution is 5.84. The van der Waals surface area contributed by atoms with Gasteiger partial charge < -0.3 is 15.0 Å². The van der Waals surface area contributed by atoms with Crippen molar-refractivity contribution in [3.05, 3.63) is 78.4 Å². The van der Waals surface area contributed by atoms with Crippen molar-refractivity contribution in [2.75, 3.05) is 18.1 Å². The number of anilines is 1. The molecule has 2 aromatic rings. The topological polar surface area (TPSA) is 41.6 Å². The molecule has 1 amide bonds. The molecule has 4 heteroatoms. The van der Waals surface area contributed by atoms with Crippen molar-refractivity contribution in [3.8, 4) is 5.75 Å². The first-order valence-electron chi connectivity index (χ1n) is 9.69. The number of amides is 1. The summed E-state index contributed by atoms with van der Waals surface area (Å²) in [6.07, 6.45) is 6.45. The molecule has 28 heavy (non-hydrogen) atoms. The largest absolute Gasteiger partial charge is 0.490 e. The molecular weight excluding hydrogens is 348 g/mol. The molecule has 1 N–H and O–H groups in total. The molecule has 0 bridgehead atoms. The Morgan fingerprint density at radius 2 is 2.04 bits per heavy atom. The number of carbonyl (C=O) groups excluding carboxylic acids is 1. The van der Waals surface area contributed by atoms with E-state index in [9.17, 15) is 4.79 Å². The number of benzene rings is 2. The quantitative estimate of drug-likeness (QED) is 0.795. The summed E-state index contributed by atoms with van der Waals surface area (Å²) in [7, 11) is 0. The summed E-state index contributed by atoms with van der Waals surface area (Å²) in [5, 5.41) is 3.30. The predicted molar refractivity (Wildman–Crippen MR) is 113 cm³/mol. The Balaban J connectivity index is 1.74. The Morgan fingerprint density at radius 1 is 1.21 bits per heavy atom. The molecule has 0 spiro atoms. The maximum Gasteiger partial charge on any atom is 0.223 e. The van der Waals surface area contributed by atoms with Crippen LogP contribution in [0.15, 0.2) is 67.3 Å². The summed E-state index contributed by atoms with van der Waals surface area (Å²) in [4.78, 5) is 14.8. The molecular formula is C24H26N2O2. The molecule has 2 aliphatic rings. The Labute approximate surface area is 166 Å². The van der Waals surface area contributed by atoms with E-state index in [2.05, 4.69) is 67.1 Å². The van der Waals surface area contributed by atoms with Crippen LogP contribution in [0.1, 0.15) is 31.4 Å². The van der Waals surface area contributed by atoms with Gasteiger partial charge in [-0.15, -0.1) is 0 Å². The van der Waals surface area contributed by atoms with Crippen LogP contribution in [0.25, 0.3) is 6.08 Å². The van der Waals surface area contributed by atoms with Gasteiger partial charge in [0.2, 0.25) is 5.91 Å². The van der Waals surface area contributed by atoms with Crippen LogP contribution in [-0.4, -0.2) is 24.7 Å². The van der Waals surface area contributed by atoms with E-state index in [0.29, 0.717) is 19.6 Å². The zero-order chi connectivity index (χ0) is 19.8. The van der Waals surface area contributed by atoms with Crippen molar-refractivity contribution in [3.63, 3.8) is 0 Å². The third-order valence-corrected chi connectivity index (χ3v) is 5.88. The van der Waals surface area contributed by atoms with E-state index in [4.69, 9.17) is 4.74 Å². The number of para-hydroxylation sites is 1. The number of nitrogens with zero attached hydrogens (tertiary/aromatic N) is 1. The summed E-state index contributed by atoms with van der Waals surface area (Å²) in [6, 6.07) is 16.4. The van der Waals surface area contributed by atoms with E-state index in [1.54, 1.807) is 6.08 Å². The monoisotopic (exact) mass is 374 g/mol. The molecule has 4 nitrogen and oxygen atoms in total. The van der Waals surface area contributed by atoms with E-state index >= 15 is 0 Å². The first-order chi connectivity index (χ1) is 13.5. The Hall–Kier alpha value is -3.01. The fraction of sp³-hybridized carbons (Fsp3) is 0.292. The minimum Gasteiger partial charge on any atom is -0.490 e. The second-order valence-corrected chi connectivity index (χ2v) is 7.86. The van der Waals surface area contributed by atoms with Crippen molar-refractivity contribution < 1.29 is 9.53 Å². The number of fused-ring (bicyclic) bond motifs is 3. The zero-order valence-electron chi connectivity index (χ0n) is 16.4. The molecule has 0 unspecified atom stereocenters. The van der Waals surface area contributed by atoms with Crippen molar-refractivity contribution in [2.24, 2.45) is 0 Å². The summed E-state index contributed by atoms with van der Waals surface area (Å²) in [5.74, 6) is 0.892. The second kappa shape index (κ2) is 6.86. The Bertz CT molecular complexity index is 947. The summed E-state index contributed by atoms with van der Waals surface area (Å²) in [6.45, 7) is 9.27. The van der Waals surface area contributed by atoms with Gasteiger partial charge in [-0.2, -0.15) is 0 Å². The van der Waals surface area contributed by atoms with Gasteiger partial charge in [0.1, 0.15) is 18.0 Å². The fourth-order valence-corrected chi connectivity index (χ4v) is 4.40. The number of nitrogens with one attached hydrogen (secondary N) is 1. The van der Waals surface area contributed by atoms with E-state index in [1.807, 2.05) is 24.3 Å². The molecule has 0 aromatic heterocycles. The van der Waals surface area contributed by atoms with Crippen molar-refractivity contribution >= 4 is 17.7 Å². The van der Waals surface area contributed by atoms with Gasteiger partial charge >= 0.3 is 0 Å². The van der Waals surface area contributed by atoms with E-state index in [0.717, 1.165) is 11.3 Å². The minimum absolute atomic E-state index is 0.0878. The van der Waals surface area contributed by atoms with Crippen LogP contribution < -0.4 is 15.0 Å². The van der Waals surface area contributed by atoms with Crippen LogP contribution in [-0.2, 0) is 10.2 Å². The van der Waals surface area contributed by atoms with Crippen LogP contribution in [0, 0.1) is 0 Å². The second-order valence-electron chi connectivity index (χ2n) is 7.86. The Kier molecular flexibility index (Phi) is 4.50. The van der Waals surface area contributed by atoms with Crippen LogP contribution in [0.2, 0.25) is 0 Å². The van der Waals surface area contributed by atoms with Gasteiger partial charge in [0.25, 0.3) is 0 Å². The van der Waals surface area contributed by atoms with Crippen LogP contribution in [0.3, 0.4) is 0 Å². The lowest BCUT2D eigenvalue weighted by Gasteiger charge is -2.49. The highest BCUT2D eigenvalue weighted by Crippen LogP contribution is 2.52. The molecule has 1 fully saturated rings. The molecule has 2 aliphatic heterocycles. The summed E-state index contributed by atoms with van der Waals surface area (Å²) < 4.78 is 5.65. The molecule has 0 radical (unpaired) electrons. The van der Waals surface area contributed by atoms with Gasteiger partial charge in [-0.1, -0.05) is 62.9 Å². The minimum atomic E-state index is -0.593. The fourth-order valence-electron chi connectivity index (χ4n) is 4.40. The molecule has 0 aliphatic carbocycles. The SMILES string of the molecule is C=CCOc1cccc(C=C[C@@]23NC(=O)CCN2c2ccccc2C3(C)C)c1. The van der Waals surface area contributed by atoms with Crippen LogP contribution >= 0.6 is 0 Å². The predicted octanol–water partition coefficient (Wildman–Crippen LogP) is 4.28. The van der Waals surface area contributed by atoms with Crippen LogP contribution in [0.5, 0.6) is 5.75 Å². The number of hydrogen-bond acceptors (Lipinski definition) is 3. The smallest absolute Gasteiger partial charge is 0.223 e. The van der Waals surface area contributed by atoms with Gasteiger partial charge in [0.15, 0.2) is 0 Å². The molecule has 0 saturated carbocycles. The molecule has 1 saturated heterocycles. The lowest BCUT2D eigenvalue weighted by molar-refractivity contribution is -0.124. The van der Waals surface area contributed by atoms with Crippen molar-refractivity contribution in [1.29, 1.82) is 0 Å². The van der Waals surface area contributed by atoms with Gasteiger partial charge in [-0.25, -0.2) is 0 Å². The molecule has 144 valence electrons. The average Bonchev–Trinajstić information content (AvgIpc) is 2.89. The Morgan fingerprint density at radius 3 is 2.86 bits per heavy atom. The van der Waals surface area contributed by atoms with E-state index in [1.165, 1.54) is 11.3 Å². The lowest BCUT2D eigenvalue weighted by atomic mass is 9.74. The number of ether oxygens (including phenoxy) is 1. The normalized spacial score (nSPS) is 22.5. The highest BCUT2D eigenvalue weighted by Gasteiger charge is 2.57. The van der Waals surface area contributed by atoms with Crippen molar-refractivity contribution in [2.45, 2.75) is 31.3 Å². The van der Waals surface area contributed by atoms with Gasteiger partial charge in [-0.05, 0) is 35.4 Å². The van der Waals surface area contributed by atoms with E-state index < -0.39 is 5.66 Å². The number of hydrogen-bond donors (Lipinski definition) is 1. The maximum absolute atomic E-state index is 12.4. The van der Waals surface area contributed by atoms with Crippen LogP contribution in [0.4, 0.5) is 5.69 Å². The van der Waals surface area contributed by atoms with E-state index in [-0.39, 0.29) is 11.3 Å². The lowest BCUT2D eigenvalue weighted by Crippen LogP contribution is -2.68. The third-order valence-electron chi connectivity index (χ3n) is 5.88. The molecule has 4 rings (SSSR count). The number of rotatable bonds is 5. The van der Waals surface area contributed by atoms with Gasteiger partial charge in [0.05, 0.1) is 0 Å². The molecule has 2 aromatic carbocycles. The average molecular weight is 374 g/mol. The van der Waals surface area contributed by atoms with Gasteiger partial charge in [0, 0.05) is 24.1 Å². The first kappa shape index (κ1) is 18.4. The number of carbonyl (C=O) groups is 1. The summed E-state index contributed by atoms with van der Waals surface area (Å²) >= 11 is 0. The standard InChI is InChI=1S/C24H26N2O2/c1-4-16-28-19-9-7-8-18(17-19)12-14-24-23(2,3)20-10-5-6-11-21(20)26(24)15-13-22(27)25-24/h4-12,14,17H,1,13,15-16H2,2-3H3,(H,25,27)/t24-/m1/s1. The molecule has 1 atom stereocenters. The zero-order valence-corrected chi connectivity index (χ0v) is 16.4. The highest BCUT2D eigenvalue weighted by atomic mass is 16.5. The summed E-state index contributed by atoms with van der Waals surface area (Å²) in [5.41, 5.74) is 2.62. The molecule has 2 heterocycles. The first-order valence-corrected chi connectivity index (χ1v) is 9.69. The maximum atomic E-state index is 12.4. The third kappa shape index (κ3) is 2.80. The van der Waals surface area contributed by atoms with Crippen molar-refractivity contribution in [1.82, 2.24) is 5.32 Å². The van der Waals surface area contributed by atoms with Gasteiger partial charge in [-0.3, -0.25) is 4.79 Å².